The van der Waals surface area contributed by atoms with Gasteiger partial charge in [0.2, 0.25) is 0 Å². The van der Waals surface area contributed by atoms with Gasteiger partial charge >= 0.3 is 0 Å². The maximum absolute atomic E-state index is 5.87. The van der Waals surface area contributed by atoms with Crippen molar-refractivity contribution in [3.05, 3.63) is 42.8 Å². The molecule has 2 aromatic heterocycles. The molecule has 0 fully saturated rings. The van der Waals surface area contributed by atoms with Gasteiger partial charge in [-0.2, -0.15) is 0 Å². The molecule has 0 bridgehead atoms. The Labute approximate surface area is 109 Å². The predicted molar refractivity (Wildman–Crippen MR) is 70.0 cm³/mol. The number of hydrogen-bond donors (Lipinski definition) is 1. The molecule has 2 N–H and O–H groups in total. The smallest absolute Gasteiger partial charge is 0.155 e. The highest BCUT2D eigenvalue weighted by atomic mass is 16.5. The Balaban J connectivity index is 1.97. The number of nitrogens with two attached hydrogens (primary N) is 1. The van der Waals surface area contributed by atoms with Crippen molar-refractivity contribution >= 4 is 5.69 Å². The van der Waals surface area contributed by atoms with Crippen molar-refractivity contribution in [1.82, 2.24) is 15.0 Å². The Hall–Kier alpha value is -2.76. The summed E-state index contributed by atoms with van der Waals surface area (Å²) >= 11 is 0. The minimum atomic E-state index is 0.551. The van der Waals surface area contributed by atoms with Crippen LogP contribution in [0, 0.1) is 0 Å². The molecule has 3 rings (SSSR count). The lowest BCUT2D eigenvalue weighted by Gasteiger charge is -2.06. The van der Waals surface area contributed by atoms with E-state index in [-0.39, 0.29) is 0 Å². The van der Waals surface area contributed by atoms with Crippen LogP contribution in [0.2, 0.25) is 0 Å². The van der Waals surface area contributed by atoms with Gasteiger partial charge in [-0.1, -0.05) is 5.21 Å². The zero-order valence-electron chi connectivity index (χ0n) is 10.3. The first-order valence-electron chi connectivity index (χ1n) is 5.68. The number of hydrogen-bond acceptors (Lipinski definition) is 5. The summed E-state index contributed by atoms with van der Waals surface area (Å²) in [6.45, 7) is 0. The van der Waals surface area contributed by atoms with Crippen molar-refractivity contribution in [2.45, 2.75) is 0 Å². The summed E-state index contributed by atoms with van der Waals surface area (Å²) in [5.41, 5.74) is 7.89. The minimum absolute atomic E-state index is 0.551. The Morgan fingerprint density at radius 3 is 2.89 bits per heavy atom. The monoisotopic (exact) mass is 256 g/mol. The van der Waals surface area contributed by atoms with Gasteiger partial charge in [0.25, 0.3) is 0 Å². The third-order valence-electron chi connectivity index (χ3n) is 2.74. The highest BCUT2D eigenvalue weighted by Gasteiger charge is 2.08. The molecule has 0 radical (unpaired) electrons. The second-order valence-electron chi connectivity index (χ2n) is 3.95. The van der Waals surface area contributed by atoms with Crippen LogP contribution in [-0.4, -0.2) is 22.1 Å². The molecule has 96 valence electrons. The lowest BCUT2D eigenvalue weighted by atomic mass is 10.2. The zero-order valence-corrected chi connectivity index (χ0v) is 10.3. The number of methoxy groups -OCH3 is 1. The summed E-state index contributed by atoms with van der Waals surface area (Å²) in [6, 6.07) is 9.06. The maximum Gasteiger partial charge on any atom is 0.155 e. The summed E-state index contributed by atoms with van der Waals surface area (Å²) in [5, 5.41) is 8.10. The molecule has 0 saturated carbocycles. The molecule has 0 aliphatic carbocycles. The topological polar surface area (TPSA) is 79.1 Å². The fraction of sp³-hybridized carbons (Fsp3) is 0.0769. The van der Waals surface area contributed by atoms with E-state index >= 15 is 0 Å². The second kappa shape index (κ2) is 4.49. The predicted octanol–water partition coefficient (Wildman–Crippen LogP) is 2.12. The average molecular weight is 256 g/mol. The molecule has 3 aromatic rings. The van der Waals surface area contributed by atoms with Crippen LogP contribution in [0.3, 0.4) is 0 Å². The van der Waals surface area contributed by atoms with Crippen molar-refractivity contribution in [3.63, 3.8) is 0 Å². The highest BCUT2D eigenvalue weighted by Crippen LogP contribution is 2.24. The van der Waals surface area contributed by atoms with Gasteiger partial charge in [-0.15, -0.1) is 5.10 Å². The number of benzene rings is 1. The fourth-order valence-electron chi connectivity index (χ4n) is 1.79. The first-order valence-corrected chi connectivity index (χ1v) is 5.68. The minimum Gasteiger partial charge on any atom is -0.495 e. The number of anilines is 1. The van der Waals surface area contributed by atoms with Crippen molar-refractivity contribution in [2.24, 2.45) is 0 Å². The molecule has 0 saturated heterocycles. The first-order chi connectivity index (χ1) is 9.28. The summed E-state index contributed by atoms with van der Waals surface area (Å²) < 4.78 is 12.0. The highest BCUT2D eigenvalue weighted by molar-refractivity contribution is 5.58. The number of nitrogens with zero attached hydrogens (tertiary/aromatic N) is 3. The van der Waals surface area contributed by atoms with Crippen molar-refractivity contribution < 1.29 is 9.15 Å². The van der Waals surface area contributed by atoms with E-state index in [1.54, 1.807) is 42.5 Å². The van der Waals surface area contributed by atoms with Gasteiger partial charge in [0.1, 0.15) is 11.4 Å². The molecule has 2 heterocycles. The van der Waals surface area contributed by atoms with E-state index in [4.69, 9.17) is 14.9 Å². The van der Waals surface area contributed by atoms with E-state index in [0.29, 0.717) is 22.9 Å². The third-order valence-corrected chi connectivity index (χ3v) is 2.74. The van der Waals surface area contributed by atoms with E-state index < -0.39 is 0 Å². The maximum atomic E-state index is 5.87. The molecule has 0 unspecified atom stereocenters. The number of nitrogen functional groups attached to an aromatic ring is 1. The van der Waals surface area contributed by atoms with Crippen LogP contribution >= 0.6 is 0 Å². The standard InChI is InChI=1S/C13H12N4O2/c1-18-12-5-4-9(7-10(12)14)17-8-11(15-16-17)13-3-2-6-19-13/h2-8H,14H2,1H3. The van der Waals surface area contributed by atoms with E-state index in [1.807, 2.05) is 12.1 Å². The quantitative estimate of drug-likeness (QED) is 0.726. The van der Waals surface area contributed by atoms with Crippen molar-refractivity contribution in [3.8, 4) is 22.9 Å². The SMILES string of the molecule is COc1ccc(-n2cc(-c3ccco3)nn2)cc1N. The Morgan fingerprint density at radius 1 is 1.32 bits per heavy atom. The summed E-state index contributed by atoms with van der Waals surface area (Å²) in [6.07, 6.45) is 3.37. The van der Waals surface area contributed by atoms with Gasteiger partial charge in [0.15, 0.2) is 5.76 Å². The molecule has 0 atom stereocenters. The Bertz CT molecular complexity index is 688. The number of rotatable bonds is 3. The van der Waals surface area contributed by atoms with Crippen LogP contribution in [0.1, 0.15) is 0 Å². The number of furan rings is 1. The largest absolute Gasteiger partial charge is 0.495 e. The molecule has 0 aliphatic rings. The molecule has 19 heavy (non-hydrogen) atoms. The van der Waals surface area contributed by atoms with Crippen LogP contribution < -0.4 is 10.5 Å². The van der Waals surface area contributed by atoms with Crippen molar-refractivity contribution in [2.75, 3.05) is 12.8 Å². The van der Waals surface area contributed by atoms with Gasteiger partial charge in [-0.25, -0.2) is 4.68 Å². The fourth-order valence-corrected chi connectivity index (χ4v) is 1.79. The van der Waals surface area contributed by atoms with Gasteiger partial charge in [0, 0.05) is 0 Å². The normalized spacial score (nSPS) is 10.6. The number of ether oxygens (including phenoxy) is 1. The molecule has 6 nitrogen and oxygen atoms in total. The Kier molecular flexibility index (Phi) is 2.68. The lowest BCUT2D eigenvalue weighted by molar-refractivity contribution is 0.417. The van der Waals surface area contributed by atoms with Crippen LogP contribution in [0.15, 0.2) is 47.2 Å². The van der Waals surface area contributed by atoms with Crippen molar-refractivity contribution in [1.29, 1.82) is 0 Å². The van der Waals surface area contributed by atoms with Gasteiger partial charge in [-0.05, 0) is 30.3 Å². The van der Waals surface area contributed by atoms with E-state index in [0.717, 1.165) is 5.69 Å². The average Bonchev–Trinajstić information content (AvgIpc) is 3.09. The van der Waals surface area contributed by atoms with E-state index in [9.17, 15) is 0 Å². The molecule has 0 spiro atoms. The van der Waals surface area contributed by atoms with Gasteiger partial charge < -0.3 is 14.9 Å². The van der Waals surface area contributed by atoms with Crippen LogP contribution in [0.5, 0.6) is 5.75 Å². The third kappa shape index (κ3) is 2.03. The zero-order chi connectivity index (χ0) is 13.2. The van der Waals surface area contributed by atoms with Gasteiger partial charge in [-0.3, -0.25) is 0 Å². The molecular weight excluding hydrogens is 244 g/mol. The van der Waals surface area contributed by atoms with Crippen LogP contribution in [-0.2, 0) is 0 Å². The Morgan fingerprint density at radius 2 is 2.21 bits per heavy atom. The molecular formula is C13H12N4O2. The number of aromatic nitrogens is 3. The molecule has 1 aromatic carbocycles. The van der Waals surface area contributed by atoms with E-state index in [1.165, 1.54) is 0 Å². The first kappa shape index (κ1) is 11.3. The molecule has 6 heteroatoms. The lowest BCUT2D eigenvalue weighted by Crippen LogP contribution is -1.98. The molecule has 0 aliphatic heterocycles. The van der Waals surface area contributed by atoms with Crippen LogP contribution in [0.25, 0.3) is 17.1 Å². The molecule has 0 amide bonds. The van der Waals surface area contributed by atoms with E-state index in [2.05, 4.69) is 10.3 Å². The van der Waals surface area contributed by atoms with Gasteiger partial charge in [0.05, 0.1) is 30.9 Å². The summed E-state index contributed by atoms with van der Waals surface area (Å²) in [7, 11) is 1.58. The summed E-state index contributed by atoms with van der Waals surface area (Å²) in [5.74, 6) is 1.31. The second-order valence-corrected chi connectivity index (χ2v) is 3.95. The van der Waals surface area contributed by atoms with Crippen LogP contribution in [0.4, 0.5) is 5.69 Å². The summed E-state index contributed by atoms with van der Waals surface area (Å²) in [4.78, 5) is 0.